The fourth-order valence-electron chi connectivity index (χ4n) is 3.24. The average molecular weight is 423 g/mol. The number of hydrogen-bond acceptors (Lipinski definition) is 6. The van der Waals surface area contributed by atoms with E-state index in [9.17, 15) is 20.4 Å². The molecular formula is C25H30N2O4+2. The Hall–Kier alpha value is -3.48. The summed E-state index contributed by atoms with van der Waals surface area (Å²) in [7, 11) is 0. The van der Waals surface area contributed by atoms with Gasteiger partial charge in [0.05, 0.1) is 0 Å². The molecule has 0 heterocycles. The maximum Gasteiger partial charge on any atom is 0.185 e. The molecule has 0 bridgehead atoms. The lowest BCUT2D eigenvalue weighted by molar-refractivity contribution is 0.342. The van der Waals surface area contributed by atoms with Crippen LogP contribution in [0.25, 0.3) is 0 Å². The zero-order valence-corrected chi connectivity index (χ0v) is 17.7. The lowest BCUT2D eigenvalue weighted by atomic mass is 10.0. The zero-order valence-electron chi connectivity index (χ0n) is 17.7. The standard InChI is InChI=1S/C25H30N2O4/c1-18(28)14-26(15-19(2)29)24-9-5-22(6-10-24)13-23-7-11-25(12-8-23)27(16-20(3)30)17-21(4)31/h5-12,28-31H,1-4,13-17H2/q+2. The second-order valence-corrected chi connectivity index (χ2v) is 7.49. The quantitative estimate of drug-likeness (QED) is 0.283. The highest BCUT2D eigenvalue weighted by Gasteiger charge is 2.22. The molecule has 2 radical (unpaired) electrons. The molecule has 0 aromatic heterocycles. The molecule has 0 saturated heterocycles. The molecule has 162 valence electrons. The number of benzene rings is 2. The van der Waals surface area contributed by atoms with Crippen molar-refractivity contribution in [3.05, 3.63) is 109 Å². The Morgan fingerprint density at radius 2 is 0.774 bits per heavy atom. The lowest BCUT2D eigenvalue weighted by Crippen LogP contribution is -2.29. The molecule has 0 fully saturated rings. The highest BCUT2D eigenvalue weighted by molar-refractivity contribution is 5.45. The van der Waals surface area contributed by atoms with E-state index in [4.69, 9.17) is 0 Å². The Bertz CT molecular complexity index is 823. The summed E-state index contributed by atoms with van der Waals surface area (Å²) in [6, 6.07) is 15.7. The fourth-order valence-corrected chi connectivity index (χ4v) is 3.24. The zero-order chi connectivity index (χ0) is 23.0. The van der Waals surface area contributed by atoms with Crippen LogP contribution in [0.4, 0.5) is 11.4 Å². The lowest BCUT2D eigenvalue weighted by Gasteiger charge is -2.12. The summed E-state index contributed by atoms with van der Waals surface area (Å²) in [5.41, 5.74) is 3.89. The molecule has 0 amide bonds. The van der Waals surface area contributed by atoms with E-state index in [1.807, 2.05) is 48.5 Å². The van der Waals surface area contributed by atoms with Gasteiger partial charge in [-0.2, -0.15) is 0 Å². The molecule has 6 nitrogen and oxygen atoms in total. The topological polar surface area (TPSA) is 92.7 Å². The van der Waals surface area contributed by atoms with Gasteiger partial charge in [-0.05, 0) is 17.5 Å². The number of anilines is 2. The van der Waals surface area contributed by atoms with Gasteiger partial charge in [-0.1, -0.05) is 50.6 Å². The van der Waals surface area contributed by atoms with E-state index < -0.39 is 0 Å². The average Bonchev–Trinajstić information content (AvgIpc) is 2.67. The van der Waals surface area contributed by atoms with Crippen molar-refractivity contribution in [2.75, 3.05) is 26.2 Å². The minimum atomic E-state index is 0.00834. The highest BCUT2D eigenvalue weighted by atomic mass is 16.3. The predicted molar refractivity (Wildman–Crippen MR) is 126 cm³/mol. The van der Waals surface area contributed by atoms with E-state index >= 15 is 0 Å². The first-order valence-electron chi connectivity index (χ1n) is 9.78. The third kappa shape index (κ3) is 8.04. The van der Waals surface area contributed by atoms with Gasteiger partial charge in [-0.15, -0.1) is 9.80 Å². The van der Waals surface area contributed by atoms with Crippen LogP contribution in [0.2, 0.25) is 0 Å². The molecule has 2 aromatic rings. The summed E-state index contributed by atoms with van der Waals surface area (Å²) in [6.07, 6.45) is 0.722. The number of rotatable bonds is 12. The van der Waals surface area contributed by atoms with Crippen molar-refractivity contribution in [3.63, 3.8) is 0 Å². The van der Waals surface area contributed by atoms with Gasteiger partial charge in [0.1, 0.15) is 23.0 Å². The molecule has 0 unspecified atom stereocenters. The second kappa shape index (κ2) is 11.1. The normalized spacial score (nSPS) is 10.9. The Morgan fingerprint density at radius 1 is 0.516 bits per heavy atom. The molecule has 6 heteroatoms. The second-order valence-electron chi connectivity index (χ2n) is 7.49. The van der Waals surface area contributed by atoms with Crippen molar-refractivity contribution >= 4 is 11.4 Å². The summed E-state index contributed by atoms with van der Waals surface area (Å²) >= 11 is 0. The molecule has 0 atom stereocenters. The van der Waals surface area contributed by atoms with Gasteiger partial charge < -0.3 is 20.4 Å². The molecule has 31 heavy (non-hydrogen) atoms. The van der Waals surface area contributed by atoms with Crippen LogP contribution in [0.5, 0.6) is 0 Å². The largest absolute Gasteiger partial charge is 0.507 e. The molecule has 0 aliphatic carbocycles. The Morgan fingerprint density at radius 3 is 1.00 bits per heavy atom. The van der Waals surface area contributed by atoms with Crippen molar-refractivity contribution in [2.45, 2.75) is 6.42 Å². The fraction of sp³-hybridized carbons (Fsp3) is 0.200. The first kappa shape index (κ1) is 23.8. The van der Waals surface area contributed by atoms with E-state index in [-0.39, 0.29) is 49.2 Å². The van der Waals surface area contributed by atoms with Crippen molar-refractivity contribution in [1.82, 2.24) is 9.80 Å². The van der Waals surface area contributed by atoms with Gasteiger partial charge >= 0.3 is 0 Å². The van der Waals surface area contributed by atoms with Gasteiger partial charge in [0.15, 0.2) is 37.6 Å². The Labute approximate surface area is 183 Å². The van der Waals surface area contributed by atoms with Crippen molar-refractivity contribution in [1.29, 1.82) is 0 Å². The smallest absolute Gasteiger partial charge is 0.185 e. The third-order valence-electron chi connectivity index (χ3n) is 4.50. The van der Waals surface area contributed by atoms with Gasteiger partial charge in [0.25, 0.3) is 0 Å². The van der Waals surface area contributed by atoms with Crippen molar-refractivity contribution < 1.29 is 20.4 Å². The van der Waals surface area contributed by atoms with E-state index in [1.54, 1.807) is 9.80 Å². The first-order chi connectivity index (χ1) is 14.6. The van der Waals surface area contributed by atoms with E-state index in [0.717, 1.165) is 28.9 Å². The highest BCUT2D eigenvalue weighted by Crippen LogP contribution is 2.21. The first-order valence-corrected chi connectivity index (χ1v) is 9.78. The summed E-state index contributed by atoms with van der Waals surface area (Å²) < 4.78 is 0. The molecular weight excluding hydrogens is 392 g/mol. The minimum Gasteiger partial charge on any atom is -0.507 e. The summed E-state index contributed by atoms with van der Waals surface area (Å²) in [4.78, 5) is 3.56. The van der Waals surface area contributed by atoms with Crippen LogP contribution >= 0.6 is 0 Å². The minimum absolute atomic E-state index is 0.00834. The van der Waals surface area contributed by atoms with Crippen LogP contribution < -0.4 is 9.80 Å². The van der Waals surface area contributed by atoms with Crippen molar-refractivity contribution in [3.8, 4) is 0 Å². The van der Waals surface area contributed by atoms with Crippen LogP contribution in [0.1, 0.15) is 11.1 Å². The third-order valence-corrected chi connectivity index (χ3v) is 4.50. The number of aliphatic hydroxyl groups excluding tert-OH is 4. The SMILES string of the molecule is C=C(O)C[N+](CC(=C)O)c1ccc(Cc2ccc([N+](CC(=C)O)CC(=C)O)cc2)cc1. The van der Waals surface area contributed by atoms with E-state index in [0.29, 0.717) is 0 Å². The van der Waals surface area contributed by atoms with E-state index in [1.165, 1.54) is 0 Å². The molecule has 0 aliphatic heterocycles. The number of aliphatic hydroxyl groups is 4. The van der Waals surface area contributed by atoms with Gasteiger partial charge in [0, 0.05) is 24.3 Å². The van der Waals surface area contributed by atoms with Crippen LogP contribution in [-0.4, -0.2) is 46.6 Å². The summed E-state index contributed by atoms with van der Waals surface area (Å²) in [5, 5.41) is 38.1. The summed E-state index contributed by atoms with van der Waals surface area (Å²) in [6.45, 7) is 14.9. The maximum atomic E-state index is 9.52. The summed E-state index contributed by atoms with van der Waals surface area (Å²) in [5.74, 6) is 0.0334. The van der Waals surface area contributed by atoms with Crippen LogP contribution in [-0.2, 0) is 6.42 Å². The molecule has 2 rings (SSSR count). The molecule has 0 spiro atoms. The molecule has 0 aliphatic rings. The molecule has 2 aromatic carbocycles. The van der Waals surface area contributed by atoms with E-state index in [2.05, 4.69) is 26.3 Å². The van der Waals surface area contributed by atoms with Crippen molar-refractivity contribution in [2.24, 2.45) is 0 Å². The predicted octanol–water partition coefficient (Wildman–Crippen LogP) is 5.11. The van der Waals surface area contributed by atoms with Crippen LogP contribution in [0.15, 0.2) is 97.9 Å². The number of hydrogen-bond donors (Lipinski definition) is 4. The number of nitrogens with zero attached hydrogens (tertiary/aromatic N) is 2. The Balaban J connectivity index is 2.10. The van der Waals surface area contributed by atoms with Gasteiger partial charge in [-0.3, -0.25) is 0 Å². The van der Waals surface area contributed by atoms with Crippen LogP contribution in [0, 0.1) is 0 Å². The molecule has 0 saturated carbocycles. The Kier molecular flexibility index (Phi) is 8.49. The monoisotopic (exact) mass is 422 g/mol. The van der Waals surface area contributed by atoms with Gasteiger partial charge in [0.2, 0.25) is 0 Å². The molecule has 4 N–H and O–H groups in total. The van der Waals surface area contributed by atoms with Gasteiger partial charge in [-0.25, -0.2) is 0 Å². The maximum absolute atomic E-state index is 9.52. The van der Waals surface area contributed by atoms with Crippen LogP contribution in [0.3, 0.4) is 0 Å².